The van der Waals surface area contributed by atoms with Gasteiger partial charge in [-0.1, -0.05) is 19.9 Å². The molecule has 0 aliphatic heterocycles. The minimum Gasteiger partial charge on any atom is -0.379 e. The third-order valence-corrected chi connectivity index (χ3v) is 1.93. The van der Waals surface area contributed by atoms with E-state index in [1.807, 2.05) is 0 Å². The predicted octanol–water partition coefficient (Wildman–Crippen LogP) is 1.51. The number of carbonyl (C=O) groups is 1. The zero-order valence-corrected chi connectivity index (χ0v) is 10.4. The lowest BCUT2D eigenvalue weighted by Gasteiger charge is -2.06. The molecule has 0 fully saturated rings. The molecule has 0 bridgehead atoms. The Bertz CT molecular complexity index is 204. The highest BCUT2D eigenvalue weighted by Gasteiger charge is 1.99. The molecule has 0 radical (unpaired) electrons. The average molecular weight is 229 g/mol. The number of rotatable bonds is 10. The first-order valence-corrected chi connectivity index (χ1v) is 5.77. The van der Waals surface area contributed by atoms with Crippen LogP contribution in [0.25, 0.3) is 0 Å². The first-order valence-electron chi connectivity index (χ1n) is 5.77. The van der Waals surface area contributed by atoms with Gasteiger partial charge in [0.2, 0.25) is 5.91 Å². The van der Waals surface area contributed by atoms with Crippen LogP contribution >= 0.6 is 0 Å². The van der Waals surface area contributed by atoms with E-state index < -0.39 is 0 Å². The fourth-order valence-corrected chi connectivity index (χ4v) is 0.956. The zero-order valence-electron chi connectivity index (χ0n) is 10.4. The largest absolute Gasteiger partial charge is 0.379 e. The van der Waals surface area contributed by atoms with Crippen LogP contribution in [-0.2, 0) is 14.3 Å². The summed E-state index contributed by atoms with van der Waals surface area (Å²) in [6, 6.07) is 0. The van der Waals surface area contributed by atoms with Crippen LogP contribution in [0.4, 0.5) is 0 Å². The van der Waals surface area contributed by atoms with E-state index in [1.54, 1.807) is 6.92 Å². The van der Waals surface area contributed by atoms with Crippen LogP contribution in [0.5, 0.6) is 0 Å². The second-order valence-corrected chi connectivity index (χ2v) is 3.61. The maximum Gasteiger partial charge on any atom is 0.246 e. The molecular weight excluding hydrogens is 206 g/mol. The summed E-state index contributed by atoms with van der Waals surface area (Å²) in [5, 5.41) is 2.69. The van der Waals surface area contributed by atoms with Gasteiger partial charge in [-0.2, -0.15) is 0 Å². The van der Waals surface area contributed by atoms with E-state index in [2.05, 4.69) is 18.8 Å². The molecule has 0 spiro atoms. The van der Waals surface area contributed by atoms with Crippen molar-refractivity contribution in [3.8, 4) is 0 Å². The van der Waals surface area contributed by atoms with Crippen molar-refractivity contribution in [2.24, 2.45) is 0 Å². The highest BCUT2D eigenvalue weighted by molar-refractivity contribution is 5.91. The Morgan fingerprint density at radius 3 is 2.38 bits per heavy atom. The molecule has 0 heterocycles. The van der Waals surface area contributed by atoms with Crippen LogP contribution < -0.4 is 5.32 Å². The van der Waals surface area contributed by atoms with Crippen molar-refractivity contribution >= 4 is 5.91 Å². The van der Waals surface area contributed by atoms with Crippen LogP contribution in [-0.4, -0.2) is 38.9 Å². The Kier molecular flexibility index (Phi) is 10.1. The standard InChI is InChI=1S/C12H23NO3/c1-4-5-7-15-9-10-16-8-6-13-12(14)11(2)3/h2,4-10H2,1,3H3,(H,13,14). The van der Waals surface area contributed by atoms with E-state index in [1.165, 1.54) is 0 Å². The average Bonchev–Trinajstić information content (AvgIpc) is 2.26. The topological polar surface area (TPSA) is 47.6 Å². The molecule has 0 aromatic rings. The quantitative estimate of drug-likeness (QED) is 0.456. The van der Waals surface area contributed by atoms with Gasteiger partial charge in [0.05, 0.1) is 19.8 Å². The minimum absolute atomic E-state index is 0.122. The van der Waals surface area contributed by atoms with Crippen molar-refractivity contribution in [2.75, 3.05) is 33.0 Å². The Morgan fingerprint density at radius 2 is 1.81 bits per heavy atom. The molecule has 0 rings (SSSR count). The fourth-order valence-electron chi connectivity index (χ4n) is 0.956. The van der Waals surface area contributed by atoms with Gasteiger partial charge in [-0.05, 0) is 13.3 Å². The predicted molar refractivity (Wildman–Crippen MR) is 64.4 cm³/mol. The van der Waals surface area contributed by atoms with Crippen molar-refractivity contribution in [2.45, 2.75) is 26.7 Å². The van der Waals surface area contributed by atoms with E-state index in [9.17, 15) is 4.79 Å². The Morgan fingerprint density at radius 1 is 1.19 bits per heavy atom. The number of amides is 1. The Labute approximate surface area is 98.0 Å². The van der Waals surface area contributed by atoms with Crippen molar-refractivity contribution < 1.29 is 14.3 Å². The molecule has 1 amide bonds. The van der Waals surface area contributed by atoms with Crippen LogP contribution in [0.1, 0.15) is 26.7 Å². The maximum absolute atomic E-state index is 11.1. The lowest BCUT2D eigenvalue weighted by Crippen LogP contribution is -2.27. The van der Waals surface area contributed by atoms with Crippen molar-refractivity contribution in [1.82, 2.24) is 5.32 Å². The molecule has 0 saturated carbocycles. The number of carbonyl (C=O) groups excluding carboxylic acids is 1. The van der Waals surface area contributed by atoms with Gasteiger partial charge in [-0.25, -0.2) is 0 Å². The highest BCUT2D eigenvalue weighted by atomic mass is 16.5. The summed E-state index contributed by atoms with van der Waals surface area (Å²) in [6.07, 6.45) is 2.24. The molecule has 0 unspecified atom stereocenters. The summed E-state index contributed by atoms with van der Waals surface area (Å²) < 4.78 is 10.6. The monoisotopic (exact) mass is 229 g/mol. The zero-order chi connectivity index (χ0) is 12.2. The van der Waals surface area contributed by atoms with E-state index in [0.29, 0.717) is 31.9 Å². The molecule has 1 N–H and O–H groups in total. The first-order chi connectivity index (χ1) is 7.68. The van der Waals surface area contributed by atoms with Gasteiger partial charge in [-0.3, -0.25) is 4.79 Å². The molecule has 4 heteroatoms. The maximum atomic E-state index is 11.1. The van der Waals surface area contributed by atoms with Gasteiger partial charge in [-0.15, -0.1) is 0 Å². The van der Waals surface area contributed by atoms with Gasteiger partial charge in [0.25, 0.3) is 0 Å². The molecule has 0 aromatic carbocycles. The van der Waals surface area contributed by atoms with Crippen molar-refractivity contribution in [3.05, 3.63) is 12.2 Å². The summed E-state index contributed by atoms with van der Waals surface area (Å²) >= 11 is 0. The van der Waals surface area contributed by atoms with E-state index in [0.717, 1.165) is 19.4 Å². The minimum atomic E-state index is -0.122. The molecule has 94 valence electrons. The third kappa shape index (κ3) is 9.68. The number of hydrogen-bond donors (Lipinski definition) is 1. The molecular formula is C12H23NO3. The van der Waals surface area contributed by atoms with Crippen molar-refractivity contribution in [3.63, 3.8) is 0 Å². The summed E-state index contributed by atoms with van der Waals surface area (Å²) in [5.41, 5.74) is 0.517. The lowest BCUT2D eigenvalue weighted by molar-refractivity contribution is -0.117. The molecule has 0 aliphatic carbocycles. The summed E-state index contributed by atoms with van der Waals surface area (Å²) in [5.74, 6) is -0.122. The number of unbranched alkanes of at least 4 members (excludes halogenated alkanes) is 1. The van der Waals surface area contributed by atoms with E-state index in [4.69, 9.17) is 9.47 Å². The molecule has 0 aromatic heterocycles. The van der Waals surface area contributed by atoms with Gasteiger partial charge < -0.3 is 14.8 Å². The van der Waals surface area contributed by atoms with Crippen LogP contribution in [0, 0.1) is 0 Å². The molecule has 0 aliphatic rings. The molecule has 0 atom stereocenters. The number of hydrogen-bond acceptors (Lipinski definition) is 3. The Balaban J connectivity index is 3.10. The summed E-state index contributed by atoms with van der Waals surface area (Å²) in [4.78, 5) is 11.1. The van der Waals surface area contributed by atoms with Crippen LogP contribution in [0.2, 0.25) is 0 Å². The molecule has 0 saturated heterocycles. The number of nitrogens with one attached hydrogen (secondary N) is 1. The fraction of sp³-hybridized carbons (Fsp3) is 0.750. The van der Waals surface area contributed by atoms with Gasteiger partial charge in [0, 0.05) is 18.7 Å². The molecule has 4 nitrogen and oxygen atoms in total. The van der Waals surface area contributed by atoms with Crippen LogP contribution in [0.15, 0.2) is 12.2 Å². The van der Waals surface area contributed by atoms with E-state index >= 15 is 0 Å². The van der Waals surface area contributed by atoms with Gasteiger partial charge in [0.1, 0.15) is 0 Å². The normalized spacial score (nSPS) is 10.1. The van der Waals surface area contributed by atoms with Crippen LogP contribution in [0.3, 0.4) is 0 Å². The number of ether oxygens (including phenoxy) is 2. The Hall–Kier alpha value is -0.870. The highest BCUT2D eigenvalue weighted by Crippen LogP contribution is 1.88. The second-order valence-electron chi connectivity index (χ2n) is 3.61. The summed E-state index contributed by atoms with van der Waals surface area (Å²) in [7, 11) is 0. The third-order valence-electron chi connectivity index (χ3n) is 1.93. The second kappa shape index (κ2) is 10.6. The van der Waals surface area contributed by atoms with Gasteiger partial charge >= 0.3 is 0 Å². The smallest absolute Gasteiger partial charge is 0.246 e. The van der Waals surface area contributed by atoms with Crippen molar-refractivity contribution in [1.29, 1.82) is 0 Å². The first kappa shape index (κ1) is 15.1. The van der Waals surface area contributed by atoms with Gasteiger partial charge in [0.15, 0.2) is 0 Å². The molecule has 16 heavy (non-hydrogen) atoms. The SMILES string of the molecule is C=C(C)C(=O)NCCOCCOCCCC. The lowest BCUT2D eigenvalue weighted by atomic mass is 10.3. The summed E-state index contributed by atoms with van der Waals surface area (Å²) in [6.45, 7) is 10.4. The van der Waals surface area contributed by atoms with E-state index in [-0.39, 0.29) is 5.91 Å².